The van der Waals surface area contributed by atoms with E-state index in [0.717, 1.165) is 54.4 Å². The summed E-state index contributed by atoms with van der Waals surface area (Å²) in [6.45, 7) is 4.78. The first-order valence-corrected chi connectivity index (χ1v) is 11.9. The van der Waals surface area contributed by atoms with E-state index in [9.17, 15) is 10.2 Å². The van der Waals surface area contributed by atoms with Crippen LogP contribution in [0.5, 0.6) is 17.2 Å². The van der Waals surface area contributed by atoms with Crippen LogP contribution in [0.25, 0.3) is 33.6 Å². The first kappa shape index (κ1) is 37.1. The second kappa shape index (κ2) is 18.4. The summed E-state index contributed by atoms with van der Waals surface area (Å²) in [5.74, 6) is -2.15. The predicted octanol–water partition coefficient (Wildman–Crippen LogP) is 1.47. The van der Waals surface area contributed by atoms with Crippen molar-refractivity contribution >= 4 is 17.9 Å². The number of methoxy groups -OCH3 is 1. The van der Waals surface area contributed by atoms with Gasteiger partial charge in [-0.1, -0.05) is 30.3 Å². The molecule has 0 aliphatic heterocycles. The molecule has 4 aromatic rings. The van der Waals surface area contributed by atoms with Crippen molar-refractivity contribution < 1.29 is 61.7 Å². The molecule has 0 aliphatic rings. The molecule has 0 amide bonds. The average Bonchev–Trinajstić information content (AvgIpc) is 2.90. The summed E-state index contributed by atoms with van der Waals surface area (Å²) in [6, 6.07) is 18.3. The molecule has 42 heavy (non-hydrogen) atoms. The fourth-order valence-corrected chi connectivity index (χ4v) is 3.17. The van der Waals surface area contributed by atoms with Crippen molar-refractivity contribution in [3.8, 4) is 50.9 Å². The van der Waals surface area contributed by atoms with Gasteiger partial charge in [0.25, 0.3) is 0 Å². The Hall–Kier alpha value is -4.93. The van der Waals surface area contributed by atoms with Gasteiger partial charge in [0.2, 0.25) is 0 Å². The summed E-state index contributed by atoms with van der Waals surface area (Å²) < 4.78 is 5.23. The van der Waals surface area contributed by atoms with Gasteiger partial charge in [0.1, 0.15) is 17.2 Å². The number of aryl methyl sites for hydroxylation is 1. The van der Waals surface area contributed by atoms with Crippen LogP contribution in [-0.2, 0) is 31.5 Å². The number of carbonyl (C=O) groups is 3. The van der Waals surface area contributed by atoms with Gasteiger partial charge in [-0.3, -0.25) is 9.97 Å². The third-order valence-corrected chi connectivity index (χ3v) is 4.85. The largest absolute Gasteiger partial charge is 3.00 e. The van der Waals surface area contributed by atoms with Crippen molar-refractivity contribution in [2.24, 2.45) is 0 Å². The number of aliphatic carboxylic acids is 3. The Labute approximate surface area is 253 Å². The number of phenols is 2. The van der Waals surface area contributed by atoms with Crippen LogP contribution in [0, 0.1) is 6.92 Å². The summed E-state index contributed by atoms with van der Waals surface area (Å²) in [7, 11) is 1.59. The zero-order valence-electron chi connectivity index (χ0n) is 23.5. The molecule has 0 atom stereocenters. The van der Waals surface area contributed by atoms with E-state index < -0.39 is 17.9 Å². The molecule has 12 heteroatoms. The number of nitrogens with zero attached hydrogens (tertiary/aromatic N) is 2. The Bertz CT molecular complexity index is 1420. The fourth-order valence-electron chi connectivity index (χ4n) is 3.17. The Balaban J connectivity index is 0.00000111. The van der Waals surface area contributed by atoms with Crippen molar-refractivity contribution in [3.05, 3.63) is 78.6 Å². The molecule has 2 aromatic heterocycles. The van der Waals surface area contributed by atoms with Crippen LogP contribution in [0.2, 0.25) is 0 Å². The van der Waals surface area contributed by atoms with E-state index in [-0.39, 0.29) is 28.6 Å². The zero-order chi connectivity index (χ0) is 31.1. The number of hydrogen-bond donors (Lipinski definition) is 2. The minimum Gasteiger partial charge on any atom is -0.550 e. The summed E-state index contributed by atoms with van der Waals surface area (Å²) in [4.78, 5) is 35.7. The molecule has 2 N–H and O–H groups in total. The van der Waals surface area contributed by atoms with Crippen molar-refractivity contribution in [1.82, 2.24) is 9.97 Å². The summed E-state index contributed by atoms with van der Waals surface area (Å²) >= 11 is 0. The van der Waals surface area contributed by atoms with Crippen molar-refractivity contribution in [2.75, 3.05) is 7.11 Å². The van der Waals surface area contributed by atoms with Gasteiger partial charge in [-0.15, -0.1) is 0 Å². The smallest absolute Gasteiger partial charge is 0.550 e. The summed E-state index contributed by atoms with van der Waals surface area (Å²) in [6.07, 6.45) is 3.43. The number of carboxylic acids is 3. The van der Waals surface area contributed by atoms with Crippen LogP contribution >= 0.6 is 0 Å². The number of para-hydroxylation sites is 1. The van der Waals surface area contributed by atoms with Gasteiger partial charge in [-0.05, 0) is 63.6 Å². The van der Waals surface area contributed by atoms with E-state index in [1.54, 1.807) is 37.7 Å². The second-order valence-corrected chi connectivity index (χ2v) is 8.19. The van der Waals surface area contributed by atoms with Crippen LogP contribution < -0.4 is 20.1 Å². The third kappa shape index (κ3) is 12.9. The van der Waals surface area contributed by atoms with Crippen molar-refractivity contribution in [3.63, 3.8) is 0 Å². The number of aromatic hydroxyl groups is 2. The van der Waals surface area contributed by atoms with Gasteiger partial charge >= 0.3 is 17.1 Å². The summed E-state index contributed by atoms with van der Waals surface area (Å²) in [5.41, 5.74) is 5.30. The molecule has 11 nitrogen and oxygen atoms in total. The number of aromatic nitrogens is 2. The molecule has 0 saturated heterocycles. The first-order valence-electron chi connectivity index (χ1n) is 11.9. The van der Waals surface area contributed by atoms with Crippen LogP contribution in [-0.4, -0.2) is 45.2 Å². The molecule has 0 bridgehead atoms. The maximum absolute atomic E-state index is 10.3. The van der Waals surface area contributed by atoms with Crippen LogP contribution in [0.4, 0.5) is 0 Å². The molecule has 0 spiro atoms. The monoisotopic (exact) mass is 616 g/mol. The molecule has 0 saturated carbocycles. The zero-order valence-corrected chi connectivity index (χ0v) is 24.6. The van der Waals surface area contributed by atoms with Crippen molar-refractivity contribution in [2.45, 2.75) is 27.7 Å². The third-order valence-electron chi connectivity index (χ3n) is 4.85. The number of carboxylic acid groups (broad SMARTS) is 3. The van der Waals surface area contributed by atoms with Gasteiger partial charge in [0.05, 0.1) is 18.5 Å². The Kier molecular flexibility index (Phi) is 16.3. The maximum Gasteiger partial charge on any atom is 3.00 e. The van der Waals surface area contributed by atoms with Gasteiger partial charge in [-0.25, -0.2) is 0 Å². The maximum atomic E-state index is 10.3. The number of rotatable bonds is 4. The number of carbonyl (C=O) groups excluding carboxylic acids is 3. The molecular weight excluding hydrogens is 587 g/mol. The first-order chi connectivity index (χ1) is 19.3. The van der Waals surface area contributed by atoms with Gasteiger partial charge in [0, 0.05) is 52.6 Å². The number of hydrogen-bond acceptors (Lipinski definition) is 11. The van der Waals surface area contributed by atoms with Gasteiger partial charge in [0.15, 0.2) is 0 Å². The fraction of sp³-hybridized carbons (Fsp3) is 0.167. The standard InChI is InChI=1S/C24H20N2O3.3C2H4O2.Mn/c1-15-4-3-5-19(24(15)28)16-6-9-21(25-13-16)22-10-7-17(14-26-22)20-12-18(29-2)8-11-23(20)27;3*1-2(3)4;/h3-14,27-28H,1-2H3;3*1H3,(H,3,4);/q;;;;+3/p-3. The number of ether oxygens (including phenoxy) is 1. The molecule has 0 fully saturated rings. The van der Waals surface area contributed by atoms with Gasteiger partial charge in [-0.2, -0.15) is 0 Å². The molecule has 4 rings (SSSR count). The van der Waals surface area contributed by atoms with E-state index in [1.165, 1.54) is 0 Å². The van der Waals surface area contributed by atoms with Crippen molar-refractivity contribution in [1.29, 1.82) is 0 Å². The number of benzene rings is 2. The topological polar surface area (TPSA) is 196 Å². The molecule has 0 aliphatic carbocycles. The Morgan fingerprint density at radius 3 is 1.57 bits per heavy atom. The second-order valence-electron chi connectivity index (χ2n) is 8.19. The van der Waals surface area contributed by atoms with E-state index in [0.29, 0.717) is 11.3 Å². The van der Waals surface area contributed by atoms with Crippen LogP contribution in [0.15, 0.2) is 73.1 Å². The SMILES string of the molecule is CC(=O)[O-].CC(=O)[O-].CC(=O)[O-].COc1ccc(O)c(-c2ccc(-c3ccc(-c4cccc(C)c4O)cn3)nc2)c1.[Mn+3]. The molecule has 0 unspecified atom stereocenters. The molecule has 2 heterocycles. The van der Waals surface area contributed by atoms with E-state index in [1.807, 2.05) is 49.4 Å². The predicted molar refractivity (Wildman–Crippen MR) is 145 cm³/mol. The Morgan fingerprint density at radius 2 is 1.17 bits per heavy atom. The van der Waals surface area contributed by atoms with Gasteiger partial charge < -0.3 is 44.7 Å². The molecule has 0 radical (unpaired) electrons. The quantitative estimate of drug-likeness (QED) is 0.315. The van der Waals surface area contributed by atoms with E-state index >= 15 is 0 Å². The molecular formula is C30H29MnN2O9. The van der Waals surface area contributed by atoms with E-state index in [2.05, 4.69) is 9.97 Å². The molecule has 2 aromatic carbocycles. The van der Waals surface area contributed by atoms with E-state index in [4.69, 9.17) is 34.4 Å². The Morgan fingerprint density at radius 1 is 0.714 bits per heavy atom. The minimum absolute atomic E-state index is 0. The number of phenolic OH excluding ortho intramolecular Hbond substituents is 2. The van der Waals surface area contributed by atoms with Crippen LogP contribution in [0.3, 0.4) is 0 Å². The number of pyridine rings is 2. The molecule has 220 valence electrons. The minimum atomic E-state index is -1.08. The average molecular weight is 617 g/mol. The normalized spacial score (nSPS) is 9.17. The van der Waals surface area contributed by atoms with Crippen LogP contribution in [0.1, 0.15) is 26.3 Å². The summed E-state index contributed by atoms with van der Waals surface area (Å²) in [5, 5.41) is 47.1.